The van der Waals surface area contributed by atoms with Crippen LogP contribution in [-0.4, -0.2) is 36.4 Å². The Bertz CT molecular complexity index is 641. The number of amides is 1. The van der Waals surface area contributed by atoms with Gasteiger partial charge in [0, 0.05) is 24.2 Å². The van der Waals surface area contributed by atoms with Gasteiger partial charge in [0.25, 0.3) is 11.6 Å². The second-order valence-corrected chi connectivity index (χ2v) is 5.01. The van der Waals surface area contributed by atoms with E-state index < -0.39 is 4.92 Å². The van der Waals surface area contributed by atoms with Crippen LogP contribution in [0, 0.1) is 10.1 Å². The standard InChI is InChI=1S/C15H17N3O4.ClH/c1-17(2)13(14-4-3-9-22-14)10-16-15(19)11-5-7-12(8-6-11)18(20)21;/h3-9,13H,10H2,1-2H3,(H,16,19);1H. The van der Waals surface area contributed by atoms with Crippen LogP contribution in [0.1, 0.15) is 22.2 Å². The lowest BCUT2D eigenvalue weighted by Gasteiger charge is -2.22. The van der Waals surface area contributed by atoms with E-state index in [0.717, 1.165) is 5.76 Å². The van der Waals surface area contributed by atoms with Crippen LogP contribution in [0.4, 0.5) is 5.69 Å². The van der Waals surface area contributed by atoms with Crippen LogP contribution in [-0.2, 0) is 0 Å². The van der Waals surface area contributed by atoms with Gasteiger partial charge >= 0.3 is 0 Å². The molecule has 0 radical (unpaired) electrons. The Hall–Kier alpha value is -2.38. The molecule has 124 valence electrons. The molecule has 8 heteroatoms. The number of nitrogens with one attached hydrogen (secondary N) is 1. The maximum absolute atomic E-state index is 12.1. The highest BCUT2D eigenvalue weighted by Gasteiger charge is 2.18. The normalized spacial score (nSPS) is 11.6. The topological polar surface area (TPSA) is 88.6 Å². The highest BCUT2D eigenvalue weighted by atomic mass is 35.5. The van der Waals surface area contributed by atoms with E-state index in [4.69, 9.17) is 4.42 Å². The lowest BCUT2D eigenvalue weighted by molar-refractivity contribution is -0.384. The third-order valence-corrected chi connectivity index (χ3v) is 3.29. The molecule has 1 aromatic carbocycles. The van der Waals surface area contributed by atoms with Gasteiger partial charge in [-0.1, -0.05) is 0 Å². The zero-order chi connectivity index (χ0) is 16.1. The number of nitrogens with zero attached hydrogens (tertiary/aromatic N) is 2. The number of hydrogen-bond acceptors (Lipinski definition) is 5. The monoisotopic (exact) mass is 339 g/mol. The van der Waals surface area contributed by atoms with Gasteiger partial charge in [0.05, 0.1) is 17.2 Å². The third kappa shape index (κ3) is 4.80. The summed E-state index contributed by atoms with van der Waals surface area (Å²) in [5.41, 5.74) is 0.334. The SMILES string of the molecule is CN(C)C(CNC(=O)c1ccc([N+](=O)[O-])cc1)c1ccco1.Cl. The van der Waals surface area contributed by atoms with Crippen LogP contribution >= 0.6 is 12.4 Å². The van der Waals surface area contributed by atoms with Crippen molar-refractivity contribution in [3.63, 3.8) is 0 Å². The van der Waals surface area contributed by atoms with Gasteiger partial charge in [0.2, 0.25) is 0 Å². The van der Waals surface area contributed by atoms with Gasteiger partial charge in [-0.15, -0.1) is 12.4 Å². The number of benzene rings is 1. The van der Waals surface area contributed by atoms with Crippen molar-refractivity contribution in [3.05, 3.63) is 64.1 Å². The molecule has 0 aliphatic heterocycles. The highest BCUT2D eigenvalue weighted by molar-refractivity contribution is 5.94. The molecule has 0 saturated heterocycles. The quantitative estimate of drug-likeness (QED) is 0.645. The van der Waals surface area contributed by atoms with E-state index in [0.29, 0.717) is 12.1 Å². The molecule has 0 aliphatic rings. The van der Waals surface area contributed by atoms with E-state index in [2.05, 4.69) is 5.32 Å². The molecule has 2 aromatic rings. The average molecular weight is 340 g/mol. The molecule has 2 rings (SSSR count). The molecular formula is C15H18ClN3O4. The maximum Gasteiger partial charge on any atom is 0.269 e. The Morgan fingerprint density at radius 2 is 1.96 bits per heavy atom. The predicted molar refractivity (Wildman–Crippen MR) is 87.8 cm³/mol. The van der Waals surface area contributed by atoms with E-state index in [1.807, 2.05) is 25.1 Å². The second-order valence-electron chi connectivity index (χ2n) is 5.01. The number of rotatable bonds is 6. The Morgan fingerprint density at radius 3 is 2.43 bits per heavy atom. The molecule has 1 heterocycles. The third-order valence-electron chi connectivity index (χ3n) is 3.29. The molecule has 1 aromatic heterocycles. The van der Waals surface area contributed by atoms with E-state index >= 15 is 0 Å². The van der Waals surface area contributed by atoms with E-state index in [1.54, 1.807) is 12.3 Å². The molecule has 1 unspecified atom stereocenters. The van der Waals surface area contributed by atoms with Crippen molar-refractivity contribution in [3.8, 4) is 0 Å². The maximum atomic E-state index is 12.1. The number of halogens is 1. The Labute approximate surface area is 139 Å². The molecule has 1 N–H and O–H groups in total. The van der Waals surface area contributed by atoms with Crippen LogP contribution in [0.25, 0.3) is 0 Å². The van der Waals surface area contributed by atoms with Crippen molar-refractivity contribution >= 4 is 24.0 Å². The van der Waals surface area contributed by atoms with Gasteiger partial charge in [-0.05, 0) is 38.4 Å². The predicted octanol–water partition coefficient (Wildman–Crippen LogP) is 2.64. The van der Waals surface area contributed by atoms with Gasteiger partial charge in [-0.3, -0.25) is 19.8 Å². The fourth-order valence-electron chi connectivity index (χ4n) is 2.04. The summed E-state index contributed by atoms with van der Waals surface area (Å²) in [6.45, 7) is 0.371. The summed E-state index contributed by atoms with van der Waals surface area (Å²) in [6, 6.07) is 9.05. The lowest BCUT2D eigenvalue weighted by atomic mass is 10.1. The van der Waals surface area contributed by atoms with Gasteiger partial charge in [-0.2, -0.15) is 0 Å². The fraction of sp³-hybridized carbons (Fsp3) is 0.267. The minimum absolute atomic E-state index is 0. The van der Waals surface area contributed by atoms with E-state index in [1.165, 1.54) is 24.3 Å². The number of likely N-dealkylation sites (N-methyl/N-ethyl adjacent to an activating group) is 1. The van der Waals surface area contributed by atoms with Crippen LogP contribution in [0.5, 0.6) is 0 Å². The number of hydrogen-bond donors (Lipinski definition) is 1. The van der Waals surface area contributed by atoms with Crippen LogP contribution in [0.15, 0.2) is 47.1 Å². The molecule has 7 nitrogen and oxygen atoms in total. The molecule has 23 heavy (non-hydrogen) atoms. The zero-order valence-corrected chi connectivity index (χ0v) is 13.6. The summed E-state index contributed by atoms with van der Waals surface area (Å²) in [5, 5.41) is 13.4. The first-order valence-electron chi connectivity index (χ1n) is 6.71. The van der Waals surface area contributed by atoms with Crippen molar-refractivity contribution in [1.82, 2.24) is 10.2 Å². The lowest BCUT2D eigenvalue weighted by Crippen LogP contribution is -2.34. The first-order valence-corrected chi connectivity index (χ1v) is 6.71. The van der Waals surface area contributed by atoms with E-state index in [9.17, 15) is 14.9 Å². The molecule has 0 bridgehead atoms. The van der Waals surface area contributed by atoms with Gasteiger partial charge < -0.3 is 9.73 Å². The minimum Gasteiger partial charge on any atom is -0.468 e. The first-order chi connectivity index (χ1) is 10.5. The zero-order valence-electron chi connectivity index (χ0n) is 12.8. The smallest absolute Gasteiger partial charge is 0.269 e. The number of non-ortho nitro benzene ring substituents is 1. The Morgan fingerprint density at radius 1 is 1.30 bits per heavy atom. The molecule has 0 fully saturated rings. The Balaban J connectivity index is 0.00000264. The summed E-state index contributed by atoms with van der Waals surface area (Å²) in [7, 11) is 3.79. The van der Waals surface area contributed by atoms with E-state index in [-0.39, 0.29) is 30.0 Å². The molecular weight excluding hydrogens is 322 g/mol. The number of nitro groups is 1. The minimum atomic E-state index is -0.499. The summed E-state index contributed by atoms with van der Waals surface area (Å²) in [6.07, 6.45) is 1.59. The molecule has 0 spiro atoms. The van der Waals surface area contributed by atoms with Crippen molar-refractivity contribution in [2.24, 2.45) is 0 Å². The molecule has 0 saturated carbocycles. The van der Waals surface area contributed by atoms with Crippen LogP contribution in [0.3, 0.4) is 0 Å². The summed E-state index contributed by atoms with van der Waals surface area (Å²) < 4.78 is 5.37. The molecule has 1 amide bonds. The van der Waals surface area contributed by atoms with Crippen molar-refractivity contribution in [1.29, 1.82) is 0 Å². The number of nitro benzene ring substituents is 1. The molecule has 0 aliphatic carbocycles. The Kier molecular flexibility index (Phi) is 6.74. The van der Waals surface area contributed by atoms with Crippen LogP contribution < -0.4 is 5.32 Å². The van der Waals surface area contributed by atoms with Crippen molar-refractivity contribution < 1.29 is 14.1 Å². The van der Waals surface area contributed by atoms with Crippen LogP contribution in [0.2, 0.25) is 0 Å². The summed E-state index contributed by atoms with van der Waals surface area (Å²) >= 11 is 0. The van der Waals surface area contributed by atoms with Crippen molar-refractivity contribution in [2.45, 2.75) is 6.04 Å². The van der Waals surface area contributed by atoms with Gasteiger partial charge in [0.15, 0.2) is 0 Å². The second kappa shape index (κ2) is 8.30. The number of carbonyl (C=O) groups is 1. The largest absolute Gasteiger partial charge is 0.468 e. The number of furan rings is 1. The fourth-order valence-corrected chi connectivity index (χ4v) is 2.04. The summed E-state index contributed by atoms with van der Waals surface area (Å²) in [4.78, 5) is 24.1. The average Bonchev–Trinajstić information content (AvgIpc) is 3.01. The first kappa shape index (κ1) is 18.7. The number of carbonyl (C=O) groups excluding carboxylic acids is 1. The summed E-state index contributed by atoms with van der Waals surface area (Å²) in [5.74, 6) is 0.474. The van der Waals surface area contributed by atoms with Gasteiger partial charge in [-0.25, -0.2) is 0 Å². The van der Waals surface area contributed by atoms with Gasteiger partial charge in [0.1, 0.15) is 5.76 Å². The van der Waals surface area contributed by atoms with Crippen molar-refractivity contribution in [2.75, 3.05) is 20.6 Å². The highest BCUT2D eigenvalue weighted by Crippen LogP contribution is 2.18. The molecule has 1 atom stereocenters.